The van der Waals surface area contributed by atoms with E-state index in [0.717, 1.165) is 63.4 Å². The Morgan fingerprint density at radius 1 is 1.13 bits per heavy atom. The molecule has 0 spiro atoms. The minimum atomic E-state index is 0.211. The lowest BCUT2D eigenvalue weighted by atomic mass is 9.96. The molecule has 0 unspecified atom stereocenters. The molecule has 1 aromatic carbocycles. The maximum absolute atomic E-state index is 12.3. The van der Waals surface area contributed by atoms with Crippen molar-refractivity contribution in [1.82, 2.24) is 15.5 Å². The van der Waals surface area contributed by atoms with E-state index in [-0.39, 0.29) is 11.8 Å². The number of likely N-dealkylation sites (tertiary alicyclic amines) is 1. The molecule has 4 nitrogen and oxygen atoms in total. The van der Waals surface area contributed by atoms with Gasteiger partial charge in [-0.3, -0.25) is 9.69 Å². The number of amides is 1. The van der Waals surface area contributed by atoms with Crippen LogP contribution in [0.3, 0.4) is 0 Å². The SMILES string of the molecule is O=C(NC1CCN(Cc2ccc(Cl)cc2)CC1)C1CCNCC1. The van der Waals surface area contributed by atoms with Crippen LogP contribution >= 0.6 is 11.6 Å². The van der Waals surface area contributed by atoms with E-state index in [1.807, 2.05) is 12.1 Å². The standard InChI is InChI=1S/C18H26ClN3O/c19-16-3-1-14(2-4-16)13-22-11-7-17(8-12-22)21-18(23)15-5-9-20-10-6-15/h1-4,15,17,20H,5-13H2,(H,21,23). The predicted molar refractivity (Wildman–Crippen MR) is 93.5 cm³/mol. The molecule has 2 fully saturated rings. The van der Waals surface area contributed by atoms with Gasteiger partial charge in [0.15, 0.2) is 0 Å². The van der Waals surface area contributed by atoms with Gasteiger partial charge in [0.25, 0.3) is 0 Å². The zero-order valence-corrected chi connectivity index (χ0v) is 14.3. The summed E-state index contributed by atoms with van der Waals surface area (Å²) in [7, 11) is 0. The molecule has 2 heterocycles. The zero-order chi connectivity index (χ0) is 16.1. The van der Waals surface area contributed by atoms with E-state index in [1.54, 1.807) is 0 Å². The van der Waals surface area contributed by atoms with Crippen LogP contribution in [0.5, 0.6) is 0 Å². The summed E-state index contributed by atoms with van der Waals surface area (Å²) in [6.45, 7) is 4.99. The summed E-state index contributed by atoms with van der Waals surface area (Å²) >= 11 is 5.93. The van der Waals surface area contributed by atoms with Gasteiger partial charge in [-0.1, -0.05) is 23.7 Å². The highest BCUT2D eigenvalue weighted by Crippen LogP contribution is 2.17. The maximum Gasteiger partial charge on any atom is 0.223 e. The van der Waals surface area contributed by atoms with Gasteiger partial charge < -0.3 is 10.6 Å². The molecule has 0 radical (unpaired) electrons. The van der Waals surface area contributed by atoms with Crippen LogP contribution in [0.1, 0.15) is 31.2 Å². The first kappa shape index (κ1) is 16.7. The second-order valence-electron chi connectivity index (χ2n) is 6.71. The van der Waals surface area contributed by atoms with Crippen molar-refractivity contribution in [1.29, 1.82) is 0 Å². The molecule has 2 N–H and O–H groups in total. The molecule has 2 aliphatic rings. The van der Waals surface area contributed by atoms with Crippen LogP contribution in [-0.2, 0) is 11.3 Å². The molecule has 2 saturated heterocycles. The molecule has 0 saturated carbocycles. The van der Waals surface area contributed by atoms with Crippen LogP contribution in [0, 0.1) is 5.92 Å². The molecule has 0 aromatic heterocycles. The van der Waals surface area contributed by atoms with Gasteiger partial charge in [0, 0.05) is 36.6 Å². The smallest absolute Gasteiger partial charge is 0.223 e. The average Bonchev–Trinajstić information content (AvgIpc) is 2.59. The highest BCUT2D eigenvalue weighted by molar-refractivity contribution is 6.30. The molecular formula is C18H26ClN3O. The van der Waals surface area contributed by atoms with Crippen molar-refractivity contribution < 1.29 is 4.79 Å². The molecule has 3 rings (SSSR count). The Hall–Kier alpha value is -1.10. The van der Waals surface area contributed by atoms with E-state index in [9.17, 15) is 4.79 Å². The average molecular weight is 336 g/mol. The highest BCUT2D eigenvalue weighted by Gasteiger charge is 2.25. The van der Waals surface area contributed by atoms with Gasteiger partial charge in [-0.15, -0.1) is 0 Å². The molecule has 0 bridgehead atoms. The lowest BCUT2D eigenvalue weighted by Crippen LogP contribution is -2.47. The molecule has 0 aliphatic carbocycles. The Morgan fingerprint density at radius 2 is 1.78 bits per heavy atom. The van der Waals surface area contributed by atoms with E-state index in [0.29, 0.717) is 6.04 Å². The summed E-state index contributed by atoms with van der Waals surface area (Å²) in [5.41, 5.74) is 1.30. The van der Waals surface area contributed by atoms with Crippen molar-refractivity contribution in [3.05, 3.63) is 34.9 Å². The monoisotopic (exact) mass is 335 g/mol. The molecule has 5 heteroatoms. The third kappa shape index (κ3) is 4.93. The van der Waals surface area contributed by atoms with Gasteiger partial charge in [-0.2, -0.15) is 0 Å². The second kappa shape index (κ2) is 8.13. The van der Waals surface area contributed by atoms with E-state index < -0.39 is 0 Å². The molecule has 1 amide bonds. The van der Waals surface area contributed by atoms with Crippen LogP contribution in [0.4, 0.5) is 0 Å². The van der Waals surface area contributed by atoms with Gasteiger partial charge in [0.2, 0.25) is 5.91 Å². The van der Waals surface area contributed by atoms with Crippen LogP contribution in [0.25, 0.3) is 0 Å². The van der Waals surface area contributed by atoms with Crippen molar-refractivity contribution in [3.8, 4) is 0 Å². The second-order valence-corrected chi connectivity index (χ2v) is 7.15. The number of piperidine rings is 2. The minimum absolute atomic E-state index is 0.211. The molecular weight excluding hydrogens is 310 g/mol. The molecule has 0 atom stereocenters. The third-order valence-corrected chi connectivity index (χ3v) is 5.22. The van der Waals surface area contributed by atoms with Gasteiger partial charge in [-0.05, 0) is 56.5 Å². The van der Waals surface area contributed by atoms with Gasteiger partial charge in [0.05, 0.1) is 0 Å². The first-order chi connectivity index (χ1) is 11.2. The Kier molecular flexibility index (Phi) is 5.92. The van der Waals surface area contributed by atoms with Crippen LogP contribution in [0.2, 0.25) is 5.02 Å². The summed E-state index contributed by atoms with van der Waals surface area (Å²) < 4.78 is 0. The predicted octanol–water partition coefficient (Wildman–Crippen LogP) is 2.42. The molecule has 1 aromatic rings. The maximum atomic E-state index is 12.3. The number of carbonyl (C=O) groups is 1. The van der Waals surface area contributed by atoms with Crippen molar-refractivity contribution in [2.45, 2.75) is 38.3 Å². The number of hydrogen-bond acceptors (Lipinski definition) is 3. The number of benzene rings is 1. The fourth-order valence-electron chi connectivity index (χ4n) is 3.49. The topological polar surface area (TPSA) is 44.4 Å². The summed E-state index contributed by atoms with van der Waals surface area (Å²) in [6, 6.07) is 8.42. The van der Waals surface area contributed by atoms with Crippen molar-refractivity contribution in [3.63, 3.8) is 0 Å². The Bertz CT molecular complexity index is 506. The summed E-state index contributed by atoms with van der Waals surface area (Å²) in [5.74, 6) is 0.478. The van der Waals surface area contributed by atoms with E-state index in [4.69, 9.17) is 11.6 Å². The van der Waals surface area contributed by atoms with Gasteiger partial charge in [0.1, 0.15) is 0 Å². The van der Waals surface area contributed by atoms with E-state index >= 15 is 0 Å². The van der Waals surface area contributed by atoms with Crippen molar-refractivity contribution in [2.75, 3.05) is 26.2 Å². The fraction of sp³-hybridized carbons (Fsp3) is 0.611. The Labute approximate surface area is 143 Å². The Balaban J connectivity index is 1.41. The first-order valence-electron chi connectivity index (χ1n) is 8.68. The van der Waals surface area contributed by atoms with Crippen LogP contribution in [0.15, 0.2) is 24.3 Å². The number of halogens is 1. The summed E-state index contributed by atoms with van der Waals surface area (Å²) in [4.78, 5) is 14.8. The highest BCUT2D eigenvalue weighted by atomic mass is 35.5. The zero-order valence-electron chi connectivity index (χ0n) is 13.6. The number of hydrogen-bond donors (Lipinski definition) is 2. The van der Waals surface area contributed by atoms with Gasteiger partial charge in [-0.25, -0.2) is 0 Å². The van der Waals surface area contributed by atoms with Crippen LogP contribution in [-0.4, -0.2) is 43.0 Å². The fourth-order valence-corrected chi connectivity index (χ4v) is 3.61. The molecule has 23 heavy (non-hydrogen) atoms. The van der Waals surface area contributed by atoms with E-state index in [1.165, 1.54) is 5.56 Å². The summed E-state index contributed by atoms with van der Waals surface area (Å²) in [5, 5.41) is 7.37. The number of nitrogens with zero attached hydrogens (tertiary/aromatic N) is 1. The summed E-state index contributed by atoms with van der Waals surface area (Å²) in [6.07, 6.45) is 4.04. The lowest BCUT2D eigenvalue weighted by Gasteiger charge is -2.33. The van der Waals surface area contributed by atoms with Gasteiger partial charge >= 0.3 is 0 Å². The molecule has 126 valence electrons. The van der Waals surface area contributed by atoms with Crippen molar-refractivity contribution >= 4 is 17.5 Å². The normalized spacial score (nSPS) is 21.3. The quantitative estimate of drug-likeness (QED) is 0.888. The Morgan fingerprint density at radius 3 is 2.43 bits per heavy atom. The number of nitrogens with one attached hydrogen (secondary N) is 2. The van der Waals surface area contributed by atoms with Crippen molar-refractivity contribution in [2.24, 2.45) is 5.92 Å². The minimum Gasteiger partial charge on any atom is -0.353 e. The number of rotatable bonds is 4. The third-order valence-electron chi connectivity index (χ3n) is 4.96. The molecule has 2 aliphatic heterocycles. The number of carbonyl (C=O) groups excluding carboxylic acids is 1. The van der Waals surface area contributed by atoms with Crippen LogP contribution < -0.4 is 10.6 Å². The lowest BCUT2D eigenvalue weighted by molar-refractivity contribution is -0.126. The largest absolute Gasteiger partial charge is 0.353 e. The van der Waals surface area contributed by atoms with E-state index in [2.05, 4.69) is 27.7 Å². The first-order valence-corrected chi connectivity index (χ1v) is 9.06.